The molecule has 1 aliphatic heterocycles. The number of nitrogens with zero attached hydrogens (tertiary/aromatic N) is 1. The number of rotatable bonds is 4. The van der Waals surface area contributed by atoms with E-state index in [0.29, 0.717) is 26.1 Å². The zero-order valence-corrected chi connectivity index (χ0v) is 12.2. The first kappa shape index (κ1) is 15.0. The Labute approximate surface area is 119 Å². The summed E-state index contributed by atoms with van der Waals surface area (Å²) in [4.78, 5) is 0.229. The maximum atomic E-state index is 12.4. The molecule has 1 aromatic carbocycles. The number of sulfonamides is 1. The molecule has 1 N–H and O–H groups in total. The maximum Gasteiger partial charge on any atom is 0.241 e. The fourth-order valence-electron chi connectivity index (χ4n) is 2.19. The molecule has 1 saturated heterocycles. The van der Waals surface area contributed by atoms with Crippen LogP contribution in [0.15, 0.2) is 29.2 Å². The second-order valence-electron chi connectivity index (χ2n) is 5.26. The van der Waals surface area contributed by atoms with Gasteiger partial charge in [0.2, 0.25) is 10.0 Å². The highest BCUT2D eigenvalue weighted by molar-refractivity contribution is 7.89. The highest BCUT2D eigenvalue weighted by Crippen LogP contribution is 2.23. The van der Waals surface area contributed by atoms with Gasteiger partial charge in [0.15, 0.2) is 0 Å². The van der Waals surface area contributed by atoms with Crippen LogP contribution in [-0.4, -0.2) is 27.2 Å². The standard InChI is InChI=1S/C14H18N2O3S/c1-14(7-10-19-11-8-14)16-20(17,18)13-4-2-12(3-5-13)6-9-15/h2-5,16H,6-8,10-11H2,1H3. The van der Waals surface area contributed by atoms with E-state index in [2.05, 4.69) is 4.72 Å². The predicted octanol–water partition coefficient (Wildman–Crippen LogP) is 1.60. The van der Waals surface area contributed by atoms with Crippen molar-refractivity contribution in [3.05, 3.63) is 29.8 Å². The number of benzene rings is 1. The van der Waals surface area contributed by atoms with Gasteiger partial charge < -0.3 is 4.74 Å². The van der Waals surface area contributed by atoms with Gasteiger partial charge >= 0.3 is 0 Å². The van der Waals surface area contributed by atoms with E-state index in [4.69, 9.17) is 10.00 Å². The Morgan fingerprint density at radius 1 is 1.30 bits per heavy atom. The molecule has 1 heterocycles. The van der Waals surface area contributed by atoms with Crippen molar-refractivity contribution in [2.45, 2.75) is 36.6 Å². The van der Waals surface area contributed by atoms with E-state index in [1.807, 2.05) is 13.0 Å². The minimum atomic E-state index is -3.54. The van der Waals surface area contributed by atoms with Crippen LogP contribution in [0, 0.1) is 11.3 Å². The third-order valence-electron chi connectivity index (χ3n) is 3.49. The molecule has 0 aromatic heterocycles. The molecule has 5 nitrogen and oxygen atoms in total. The summed E-state index contributed by atoms with van der Waals surface area (Å²) in [7, 11) is -3.54. The smallest absolute Gasteiger partial charge is 0.241 e. The second kappa shape index (κ2) is 5.92. The van der Waals surface area contributed by atoms with E-state index >= 15 is 0 Å². The van der Waals surface area contributed by atoms with Gasteiger partial charge in [0, 0.05) is 18.8 Å². The molecule has 6 heteroatoms. The molecule has 0 saturated carbocycles. The first-order chi connectivity index (χ1) is 9.45. The van der Waals surface area contributed by atoms with Crippen LogP contribution in [0.2, 0.25) is 0 Å². The lowest BCUT2D eigenvalue weighted by Gasteiger charge is -2.34. The first-order valence-electron chi connectivity index (χ1n) is 6.53. The van der Waals surface area contributed by atoms with Crippen molar-refractivity contribution >= 4 is 10.0 Å². The van der Waals surface area contributed by atoms with Gasteiger partial charge in [-0.25, -0.2) is 13.1 Å². The Balaban J connectivity index is 2.15. The molecule has 0 spiro atoms. The first-order valence-corrected chi connectivity index (χ1v) is 8.01. The number of hydrogen-bond donors (Lipinski definition) is 1. The summed E-state index contributed by atoms with van der Waals surface area (Å²) in [6.07, 6.45) is 1.61. The normalized spacial score (nSPS) is 18.4. The quantitative estimate of drug-likeness (QED) is 0.914. The summed E-state index contributed by atoms with van der Waals surface area (Å²) in [5.74, 6) is 0. The summed E-state index contributed by atoms with van der Waals surface area (Å²) in [6, 6.07) is 8.46. The van der Waals surface area contributed by atoms with Crippen molar-refractivity contribution in [2.75, 3.05) is 13.2 Å². The third-order valence-corrected chi connectivity index (χ3v) is 5.15. The number of nitrogens with one attached hydrogen (secondary N) is 1. The van der Waals surface area contributed by atoms with E-state index in [-0.39, 0.29) is 11.3 Å². The molecule has 0 aliphatic carbocycles. The van der Waals surface area contributed by atoms with E-state index in [9.17, 15) is 8.42 Å². The van der Waals surface area contributed by atoms with Crippen molar-refractivity contribution in [3.8, 4) is 6.07 Å². The lowest BCUT2D eigenvalue weighted by molar-refractivity contribution is 0.0537. The molecule has 108 valence electrons. The molecule has 20 heavy (non-hydrogen) atoms. The minimum Gasteiger partial charge on any atom is -0.381 e. The van der Waals surface area contributed by atoms with Crippen molar-refractivity contribution in [3.63, 3.8) is 0 Å². The van der Waals surface area contributed by atoms with Gasteiger partial charge in [0.1, 0.15) is 0 Å². The third kappa shape index (κ3) is 3.57. The highest BCUT2D eigenvalue weighted by Gasteiger charge is 2.32. The zero-order chi connectivity index (χ0) is 14.6. The molecule has 0 atom stereocenters. The van der Waals surface area contributed by atoms with Crippen LogP contribution in [0.1, 0.15) is 25.3 Å². The molecule has 1 aliphatic rings. The van der Waals surface area contributed by atoms with E-state index < -0.39 is 15.6 Å². The number of ether oxygens (including phenoxy) is 1. The van der Waals surface area contributed by atoms with Crippen LogP contribution >= 0.6 is 0 Å². The number of nitriles is 1. The van der Waals surface area contributed by atoms with Crippen LogP contribution in [0.5, 0.6) is 0 Å². The van der Waals surface area contributed by atoms with Gasteiger partial charge in [-0.3, -0.25) is 0 Å². The van der Waals surface area contributed by atoms with E-state index in [0.717, 1.165) is 5.56 Å². The molecule has 0 unspecified atom stereocenters. The minimum absolute atomic E-state index is 0.229. The fourth-order valence-corrected chi connectivity index (χ4v) is 3.65. The lowest BCUT2D eigenvalue weighted by Crippen LogP contribution is -2.49. The van der Waals surface area contributed by atoms with Crippen molar-refractivity contribution in [1.82, 2.24) is 4.72 Å². The van der Waals surface area contributed by atoms with Gasteiger partial charge in [-0.15, -0.1) is 0 Å². The highest BCUT2D eigenvalue weighted by atomic mass is 32.2. The fraction of sp³-hybridized carbons (Fsp3) is 0.500. The Morgan fingerprint density at radius 2 is 1.90 bits per heavy atom. The van der Waals surface area contributed by atoms with Gasteiger partial charge in [0.25, 0.3) is 0 Å². The van der Waals surface area contributed by atoms with Gasteiger partial charge in [0.05, 0.1) is 17.4 Å². The lowest BCUT2D eigenvalue weighted by atomic mass is 9.94. The largest absolute Gasteiger partial charge is 0.381 e. The Morgan fingerprint density at radius 3 is 2.45 bits per heavy atom. The summed E-state index contributed by atoms with van der Waals surface area (Å²) >= 11 is 0. The summed E-state index contributed by atoms with van der Waals surface area (Å²) in [5, 5.41) is 8.61. The predicted molar refractivity (Wildman–Crippen MR) is 74.5 cm³/mol. The van der Waals surface area contributed by atoms with Crippen LogP contribution in [-0.2, 0) is 21.2 Å². The molecule has 1 aromatic rings. The van der Waals surface area contributed by atoms with Crippen LogP contribution in [0.25, 0.3) is 0 Å². The van der Waals surface area contributed by atoms with Gasteiger partial charge in [-0.05, 0) is 37.5 Å². The molecule has 0 bridgehead atoms. The zero-order valence-electron chi connectivity index (χ0n) is 11.4. The van der Waals surface area contributed by atoms with Crippen molar-refractivity contribution in [1.29, 1.82) is 5.26 Å². The maximum absolute atomic E-state index is 12.4. The molecule has 1 fully saturated rings. The molecular weight excluding hydrogens is 276 g/mol. The van der Waals surface area contributed by atoms with Crippen LogP contribution < -0.4 is 4.72 Å². The van der Waals surface area contributed by atoms with Crippen LogP contribution in [0.4, 0.5) is 0 Å². The molecule has 0 radical (unpaired) electrons. The average molecular weight is 294 g/mol. The Bertz CT molecular complexity index is 596. The summed E-state index contributed by atoms with van der Waals surface area (Å²) in [5.41, 5.74) is 0.353. The monoisotopic (exact) mass is 294 g/mol. The Hall–Kier alpha value is -1.42. The average Bonchev–Trinajstić information content (AvgIpc) is 2.39. The van der Waals surface area contributed by atoms with E-state index in [1.165, 1.54) is 12.1 Å². The Kier molecular flexibility index (Phi) is 4.43. The topological polar surface area (TPSA) is 79.2 Å². The molecular formula is C14H18N2O3S. The molecule has 0 amide bonds. The number of hydrogen-bond acceptors (Lipinski definition) is 4. The second-order valence-corrected chi connectivity index (χ2v) is 6.94. The van der Waals surface area contributed by atoms with Crippen molar-refractivity contribution in [2.24, 2.45) is 0 Å². The van der Waals surface area contributed by atoms with Crippen molar-refractivity contribution < 1.29 is 13.2 Å². The van der Waals surface area contributed by atoms with E-state index in [1.54, 1.807) is 12.1 Å². The van der Waals surface area contributed by atoms with Gasteiger partial charge in [-0.1, -0.05) is 12.1 Å². The summed E-state index contributed by atoms with van der Waals surface area (Å²) in [6.45, 7) is 3.04. The van der Waals surface area contributed by atoms with Gasteiger partial charge in [-0.2, -0.15) is 5.26 Å². The SMILES string of the molecule is CC1(NS(=O)(=O)c2ccc(CC#N)cc2)CCOCC1. The van der Waals surface area contributed by atoms with Crippen LogP contribution in [0.3, 0.4) is 0 Å². The molecule has 2 rings (SSSR count). The summed E-state index contributed by atoms with van der Waals surface area (Å²) < 4.78 is 32.7.